The van der Waals surface area contributed by atoms with Crippen molar-refractivity contribution in [3.8, 4) is 16.9 Å². The summed E-state index contributed by atoms with van der Waals surface area (Å²) >= 11 is 0. The van der Waals surface area contributed by atoms with Gasteiger partial charge in [-0.1, -0.05) is 29.8 Å². The first kappa shape index (κ1) is 33.0. The molecular formula is C27H29F3N6O8S. The number of nitrogens with zero attached hydrogens (tertiary/aromatic N) is 5. The standard InChI is InChI=1S/C27H29F3N6O8S/c1-17-6-8-19(9-7-17)23-15-24(27(28,29)30)31-35(23)21-10-12-22(13-11-21)45(40,41)32-25(37)20-5-4-14-34(16-20)36(39)33-44-18(2)43-26(38)42-3/h6-13,15,18,20H,4-5,14,16H2,1-3H3,(H,32,37)/b36-33+. The van der Waals surface area contributed by atoms with Crippen LogP contribution in [-0.2, 0) is 35.3 Å². The van der Waals surface area contributed by atoms with Gasteiger partial charge in [-0.3, -0.25) is 9.63 Å². The molecule has 1 N–H and O–H groups in total. The first-order chi connectivity index (χ1) is 21.2. The van der Waals surface area contributed by atoms with Crippen molar-refractivity contribution in [2.75, 3.05) is 20.2 Å². The number of hydrogen-bond donors (Lipinski definition) is 1. The summed E-state index contributed by atoms with van der Waals surface area (Å²) < 4.78 is 78.5. The van der Waals surface area contributed by atoms with Gasteiger partial charge in [0.15, 0.2) is 5.69 Å². The smallest absolute Gasteiger partial charge is 0.511 e. The average molecular weight is 655 g/mol. The van der Waals surface area contributed by atoms with Crippen LogP contribution in [0.3, 0.4) is 0 Å². The van der Waals surface area contributed by atoms with E-state index >= 15 is 0 Å². The zero-order chi connectivity index (χ0) is 32.9. The highest BCUT2D eigenvalue weighted by molar-refractivity contribution is 7.90. The molecule has 45 heavy (non-hydrogen) atoms. The summed E-state index contributed by atoms with van der Waals surface area (Å²) in [4.78, 5) is 28.5. The number of halogens is 3. The fourth-order valence-electron chi connectivity index (χ4n) is 4.38. The molecule has 4 rings (SSSR count). The van der Waals surface area contributed by atoms with Crippen molar-refractivity contribution in [1.82, 2.24) is 19.5 Å². The normalized spacial score (nSPS) is 16.5. The molecule has 3 aromatic rings. The van der Waals surface area contributed by atoms with Crippen molar-refractivity contribution < 1.29 is 50.5 Å². The first-order valence-electron chi connectivity index (χ1n) is 13.4. The number of sulfonamides is 1. The molecule has 0 bridgehead atoms. The largest absolute Gasteiger partial charge is 0.569 e. The van der Waals surface area contributed by atoms with E-state index in [2.05, 4.69) is 19.8 Å². The van der Waals surface area contributed by atoms with E-state index in [0.29, 0.717) is 12.0 Å². The second kappa shape index (κ2) is 13.4. The zero-order valence-electron chi connectivity index (χ0n) is 24.2. The summed E-state index contributed by atoms with van der Waals surface area (Å²) in [6.07, 6.45) is -6.39. The van der Waals surface area contributed by atoms with E-state index < -0.39 is 46.2 Å². The van der Waals surface area contributed by atoms with Crippen molar-refractivity contribution in [2.24, 2.45) is 11.2 Å². The number of hydrazine groups is 1. The number of amides is 1. The number of methoxy groups -OCH3 is 1. The van der Waals surface area contributed by atoms with Crippen molar-refractivity contribution in [3.63, 3.8) is 0 Å². The highest BCUT2D eigenvalue weighted by atomic mass is 32.2. The van der Waals surface area contributed by atoms with Gasteiger partial charge in [-0.25, -0.2) is 22.6 Å². The number of carbonyl (C=O) groups excluding carboxylic acids is 2. The number of ether oxygens (including phenoxy) is 2. The maximum absolute atomic E-state index is 13.5. The highest BCUT2D eigenvalue weighted by Crippen LogP contribution is 2.33. The van der Waals surface area contributed by atoms with Gasteiger partial charge in [0.25, 0.3) is 16.3 Å². The monoisotopic (exact) mass is 654 g/mol. The molecule has 2 heterocycles. The Kier molecular flexibility index (Phi) is 9.84. The van der Waals surface area contributed by atoms with E-state index in [1.54, 1.807) is 24.3 Å². The summed E-state index contributed by atoms with van der Waals surface area (Å²) in [5.41, 5.74) is 0.549. The van der Waals surface area contributed by atoms with Crippen molar-refractivity contribution in [1.29, 1.82) is 0 Å². The zero-order valence-corrected chi connectivity index (χ0v) is 25.0. The number of hydrogen-bond acceptors (Lipinski definition) is 10. The Morgan fingerprint density at radius 2 is 1.82 bits per heavy atom. The summed E-state index contributed by atoms with van der Waals surface area (Å²) in [6.45, 7) is 3.12. The van der Waals surface area contributed by atoms with Crippen molar-refractivity contribution in [2.45, 2.75) is 44.1 Å². The number of rotatable bonds is 9. The van der Waals surface area contributed by atoms with Crippen molar-refractivity contribution >= 4 is 22.1 Å². The van der Waals surface area contributed by atoms with E-state index in [1.165, 1.54) is 19.1 Å². The highest BCUT2D eigenvalue weighted by Gasteiger charge is 2.36. The SMILES string of the molecule is COC(=O)OC(C)O/N=[N+](/[O-])N1CCCC(C(=O)NS(=O)(=O)c2ccc(-n3nc(C(F)(F)F)cc3-c3ccc(C)cc3)cc2)C1. The van der Waals surface area contributed by atoms with E-state index in [9.17, 15) is 36.4 Å². The second-order valence-corrected chi connectivity index (χ2v) is 11.7. The third-order valence-electron chi connectivity index (χ3n) is 6.68. The van der Waals surface area contributed by atoms with Gasteiger partial charge in [0.1, 0.15) is 0 Å². The van der Waals surface area contributed by atoms with Crippen molar-refractivity contribution in [3.05, 3.63) is 71.1 Å². The number of nitrogens with one attached hydrogen (secondary N) is 1. The number of benzene rings is 2. The molecule has 0 saturated carbocycles. The predicted molar refractivity (Wildman–Crippen MR) is 148 cm³/mol. The van der Waals surface area contributed by atoms with Crippen LogP contribution in [-0.4, -0.2) is 66.7 Å². The van der Waals surface area contributed by atoms with Crippen LogP contribution in [0.1, 0.15) is 31.0 Å². The van der Waals surface area contributed by atoms with Crippen LogP contribution >= 0.6 is 0 Å². The first-order valence-corrected chi connectivity index (χ1v) is 14.9. The Labute approximate surface area is 255 Å². The van der Waals surface area contributed by atoms with Crippen LogP contribution < -0.4 is 4.72 Å². The van der Waals surface area contributed by atoms with Crippen LogP contribution in [0.5, 0.6) is 0 Å². The molecule has 18 heteroatoms. The lowest BCUT2D eigenvalue weighted by atomic mass is 9.99. The van der Waals surface area contributed by atoms with Gasteiger partial charge in [-0.2, -0.15) is 18.3 Å². The van der Waals surface area contributed by atoms with E-state index in [1.807, 2.05) is 11.6 Å². The fourth-order valence-corrected chi connectivity index (χ4v) is 5.42. The lowest BCUT2D eigenvalue weighted by Crippen LogP contribution is -2.46. The lowest BCUT2D eigenvalue weighted by Gasteiger charge is -2.28. The van der Waals surface area contributed by atoms with Gasteiger partial charge < -0.3 is 14.7 Å². The topological polar surface area (TPSA) is 167 Å². The third-order valence-corrected chi connectivity index (χ3v) is 8.04. The average Bonchev–Trinajstić information content (AvgIpc) is 3.46. The quantitative estimate of drug-likeness (QED) is 0.115. The molecule has 1 aliphatic heterocycles. The maximum Gasteiger partial charge on any atom is 0.511 e. The fraction of sp³-hybridized carbons (Fsp3) is 0.370. The lowest BCUT2D eigenvalue weighted by molar-refractivity contribution is -0.715. The predicted octanol–water partition coefficient (Wildman–Crippen LogP) is 4.32. The van der Waals surface area contributed by atoms with Crippen LogP contribution in [0.4, 0.5) is 18.0 Å². The minimum absolute atomic E-state index is 0.0636. The summed E-state index contributed by atoms with van der Waals surface area (Å²) in [7, 11) is -3.31. The van der Waals surface area contributed by atoms with Gasteiger partial charge in [0.05, 0.1) is 47.4 Å². The summed E-state index contributed by atoms with van der Waals surface area (Å²) in [6, 6.07) is 12.5. The van der Waals surface area contributed by atoms with Crippen LogP contribution in [0.25, 0.3) is 16.9 Å². The van der Waals surface area contributed by atoms with Gasteiger partial charge in [0.2, 0.25) is 11.2 Å². The molecule has 2 atom stereocenters. The Balaban J connectivity index is 1.46. The number of alkyl halides is 3. The maximum atomic E-state index is 13.5. The van der Waals surface area contributed by atoms with Crippen LogP contribution in [0.2, 0.25) is 0 Å². The van der Waals surface area contributed by atoms with Crippen LogP contribution in [0.15, 0.2) is 64.8 Å². The minimum atomic E-state index is -4.71. The molecular weight excluding hydrogens is 625 g/mol. The minimum Gasteiger partial charge on any atom is -0.569 e. The molecule has 0 radical (unpaired) electrons. The van der Waals surface area contributed by atoms with Gasteiger partial charge in [0, 0.05) is 12.5 Å². The number of aromatic nitrogens is 2. The Morgan fingerprint density at radius 1 is 1.16 bits per heavy atom. The van der Waals surface area contributed by atoms with E-state index in [4.69, 9.17) is 4.84 Å². The Morgan fingerprint density at radius 3 is 2.44 bits per heavy atom. The summed E-state index contributed by atoms with van der Waals surface area (Å²) in [5.74, 6) is -1.78. The molecule has 14 nitrogen and oxygen atoms in total. The molecule has 0 aliphatic carbocycles. The number of aryl methyl sites for hydroxylation is 1. The molecule has 1 aliphatic rings. The Bertz CT molecular complexity index is 1660. The molecule has 0 spiro atoms. The molecule has 1 saturated heterocycles. The van der Waals surface area contributed by atoms with Gasteiger partial charge >= 0.3 is 12.3 Å². The number of carbonyl (C=O) groups is 2. The molecule has 2 unspecified atom stereocenters. The van der Waals surface area contributed by atoms with E-state index in [-0.39, 0.29) is 40.8 Å². The second-order valence-electron chi connectivity index (χ2n) is 9.99. The van der Waals surface area contributed by atoms with Gasteiger partial charge in [-0.05, 0) is 50.1 Å². The molecule has 1 amide bonds. The third kappa shape index (κ3) is 8.20. The molecule has 1 aromatic heterocycles. The molecule has 2 aromatic carbocycles. The molecule has 1 fully saturated rings. The number of piperidine rings is 1. The molecule has 242 valence electrons. The summed E-state index contributed by atoms with van der Waals surface area (Å²) in [5, 5.41) is 20.4. The van der Waals surface area contributed by atoms with Crippen LogP contribution in [0, 0.1) is 18.0 Å². The Hall–Kier alpha value is -4.87. The van der Waals surface area contributed by atoms with E-state index in [0.717, 1.165) is 40.6 Å². The van der Waals surface area contributed by atoms with Gasteiger partial charge in [-0.15, -0.1) is 5.01 Å².